The van der Waals surface area contributed by atoms with Gasteiger partial charge in [0.05, 0.1) is 25.8 Å². The molecular weight excluding hydrogens is 456 g/mol. The molecule has 2 atom stereocenters. The van der Waals surface area contributed by atoms with Crippen molar-refractivity contribution in [1.82, 2.24) is 20.0 Å². The van der Waals surface area contributed by atoms with Gasteiger partial charge in [0, 0.05) is 48.4 Å². The number of likely N-dealkylation sites (N-methyl/N-ethyl adjacent to an activating group) is 1. The number of methoxy groups -OCH3 is 1. The van der Waals surface area contributed by atoms with E-state index in [9.17, 15) is 9.59 Å². The third-order valence-electron chi connectivity index (χ3n) is 7.33. The number of ether oxygens (including phenoxy) is 2. The van der Waals surface area contributed by atoms with E-state index in [-0.39, 0.29) is 24.0 Å². The van der Waals surface area contributed by atoms with Crippen molar-refractivity contribution in [2.75, 3.05) is 40.9 Å². The first-order valence-corrected chi connectivity index (χ1v) is 12.3. The minimum absolute atomic E-state index is 0.0399. The number of H-pyrrole nitrogens is 1. The second-order valence-electron chi connectivity index (χ2n) is 9.85. The number of nitrogens with one attached hydrogen (secondary N) is 1. The molecule has 8 heteroatoms. The predicted molar refractivity (Wildman–Crippen MR) is 136 cm³/mol. The molecule has 1 aromatic heterocycles. The van der Waals surface area contributed by atoms with Crippen molar-refractivity contribution in [1.29, 1.82) is 0 Å². The molecule has 0 radical (unpaired) electrons. The highest BCUT2D eigenvalue weighted by molar-refractivity contribution is 5.95. The van der Waals surface area contributed by atoms with Crippen LogP contribution in [0.15, 0.2) is 48.8 Å². The fourth-order valence-electron chi connectivity index (χ4n) is 5.08. The largest absolute Gasteiger partial charge is 0.496 e. The predicted octanol–water partition coefficient (Wildman–Crippen LogP) is 3.22. The molecule has 3 heterocycles. The van der Waals surface area contributed by atoms with Gasteiger partial charge in [-0.2, -0.15) is 5.10 Å². The van der Waals surface area contributed by atoms with E-state index in [1.54, 1.807) is 13.3 Å². The van der Waals surface area contributed by atoms with Crippen molar-refractivity contribution in [2.45, 2.75) is 25.3 Å². The van der Waals surface area contributed by atoms with E-state index < -0.39 is 0 Å². The van der Waals surface area contributed by atoms with Crippen molar-refractivity contribution in [3.05, 3.63) is 65.5 Å². The number of benzene rings is 2. The molecule has 2 aliphatic heterocycles. The first-order chi connectivity index (χ1) is 17.4. The molecule has 0 spiro atoms. The summed E-state index contributed by atoms with van der Waals surface area (Å²) in [5, 5.41) is 6.81. The van der Waals surface area contributed by atoms with E-state index in [0.29, 0.717) is 30.4 Å². The van der Waals surface area contributed by atoms with Gasteiger partial charge >= 0.3 is 0 Å². The van der Waals surface area contributed by atoms with Crippen molar-refractivity contribution in [3.63, 3.8) is 0 Å². The fourth-order valence-corrected chi connectivity index (χ4v) is 5.08. The molecule has 2 unspecified atom stereocenters. The molecule has 5 rings (SSSR count). The Balaban J connectivity index is 1.27. The lowest BCUT2D eigenvalue weighted by atomic mass is 9.89. The van der Waals surface area contributed by atoms with Gasteiger partial charge in [0.2, 0.25) is 0 Å². The number of fused-ring (bicyclic) bond motifs is 1. The molecule has 3 aromatic rings. The van der Waals surface area contributed by atoms with E-state index in [1.807, 2.05) is 47.5 Å². The summed E-state index contributed by atoms with van der Waals surface area (Å²) in [5.74, 6) is 1.29. The lowest BCUT2D eigenvalue weighted by Crippen LogP contribution is -2.34. The molecule has 1 saturated heterocycles. The molecule has 8 nitrogen and oxygen atoms in total. The lowest BCUT2D eigenvalue weighted by molar-refractivity contribution is -0.123. The van der Waals surface area contributed by atoms with Crippen molar-refractivity contribution in [3.8, 4) is 22.6 Å². The molecule has 0 saturated carbocycles. The van der Waals surface area contributed by atoms with Crippen LogP contribution in [0.3, 0.4) is 0 Å². The number of rotatable bonds is 7. The highest BCUT2D eigenvalue weighted by Gasteiger charge is 2.30. The van der Waals surface area contributed by atoms with Crippen molar-refractivity contribution >= 4 is 11.7 Å². The van der Waals surface area contributed by atoms with Crippen molar-refractivity contribution in [2.24, 2.45) is 5.92 Å². The van der Waals surface area contributed by atoms with Crippen LogP contribution in [0.2, 0.25) is 0 Å². The number of aromatic amines is 1. The van der Waals surface area contributed by atoms with Gasteiger partial charge in [0.1, 0.15) is 17.3 Å². The highest BCUT2D eigenvalue weighted by Crippen LogP contribution is 2.32. The molecule has 1 fully saturated rings. The number of hydrogen-bond acceptors (Lipinski definition) is 6. The Kier molecular flexibility index (Phi) is 6.78. The number of ketones is 1. The Labute approximate surface area is 211 Å². The maximum Gasteiger partial charge on any atom is 0.253 e. The number of Topliss-reactive ketones (excluding diaryl/α,β-unsaturated/α-hetero) is 1. The number of hydrogen-bond donors (Lipinski definition) is 1. The lowest BCUT2D eigenvalue weighted by Gasteiger charge is -2.26. The number of nitrogens with zero attached hydrogens (tertiary/aromatic N) is 3. The van der Waals surface area contributed by atoms with Crippen LogP contribution in [0.25, 0.3) is 11.1 Å². The fraction of sp³-hybridized carbons (Fsp3) is 0.393. The Morgan fingerprint density at radius 1 is 1.19 bits per heavy atom. The Morgan fingerprint density at radius 2 is 2.06 bits per heavy atom. The minimum atomic E-state index is -0.272. The molecule has 2 aliphatic rings. The van der Waals surface area contributed by atoms with Gasteiger partial charge in [0.25, 0.3) is 5.91 Å². The summed E-state index contributed by atoms with van der Waals surface area (Å²) in [6.07, 6.45) is 5.37. The molecule has 36 heavy (non-hydrogen) atoms. The van der Waals surface area contributed by atoms with E-state index in [0.717, 1.165) is 47.5 Å². The van der Waals surface area contributed by atoms with Gasteiger partial charge in [-0.3, -0.25) is 14.7 Å². The zero-order chi connectivity index (χ0) is 25.2. The van der Waals surface area contributed by atoms with Crippen molar-refractivity contribution < 1.29 is 19.1 Å². The summed E-state index contributed by atoms with van der Waals surface area (Å²) in [6.45, 7) is 1.84. The Morgan fingerprint density at radius 3 is 2.78 bits per heavy atom. The van der Waals surface area contributed by atoms with Crippen LogP contribution in [0.1, 0.15) is 27.9 Å². The van der Waals surface area contributed by atoms with Crippen LogP contribution in [0.4, 0.5) is 0 Å². The number of carbonyl (C=O) groups excluding carboxylic acids is 2. The second kappa shape index (κ2) is 10.1. The molecule has 188 valence electrons. The van der Waals surface area contributed by atoms with Crippen LogP contribution in [0, 0.1) is 5.92 Å². The van der Waals surface area contributed by atoms with E-state index in [4.69, 9.17) is 9.47 Å². The van der Waals surface area contributed by atoms with Crippen LogP contribution in [0.5, 0.6) is 11.5 Å². The number of carbonyl (C=O) groups is 2. The third kappa shape index (κ3) is 4.86. The maximum atomic E-state index is 13.3. The van der Waals surface area contributed by atoms with Gasteiger partial charge in [-0.15, -0.1) is 0 Å². The molecule has 2 aromatic carbocycles. The molecule has 0 bridgehead atoms. The van der Waals surface area contributed by atoms with Gasteiger partial charge < -0.3 is 19.3 Å². The normalized spacial score (nSPS) is 19.2. The van der Waals surface area contributed by atoms with Gasteiger partial charge in [-0.1, -0.05) is 12.1 Å². The summed E-state index contributed by atoms with van der Waals surface area (Å²) in [7, 11) is 5.72. The van der Waals surface area contributed by atoms with Gasteiger partial charge in [-0.05, 0) is 62.3 Å². The van der Waals surface area contributed by atoms with Crippen LogP contribution >= 0.6 is 0 Å². The summed E-state index contributed by atoms with van der Waals surface area (Å²) >= 11 is 0. The first kappa shape index (κ1) is 24.1. The second-order valence-corrected chi connectivity index (χ2v) is 9.85. The molecule has 1 N–H and O–H groups in total. The van der Waals surface area contributed by atoms with Crippen LogP contribution in [-0.2, 0) is 17.6 Å². The van der Waals surface area contributed by atoms with E-state index in [2.05, 4.69) is 29.2 Å². The average Bonchev–Trinajstić information content (AvgIpc) is 3.61. The quantitative estimate of drug-likeness (QED) is 0.550. The maximum absolute atomic E-state index is 13.3. The zero-order valence-electron chi connectivity index (χ0n) is 21.0. The summed E-state index contributed by atoms with van der Waals surface area (Å²) < 4.78 is 11.5. The summed E-state index contributed by atoms with van der Waals surface area (Å²) in [5.41, 5.74) is 4.34. The van der Waals surface area contributed by atoms with E-state index in [1.165, 1.54) is 0 Å². The van der Waals surface area contributed by atoms with Crippen LogP contribution in [-0.4, -0.2) is 78.6 Å². The SMILES string of the molecule is COc1cc(-c2cn[nH]c2)ccc1CC(=O)C1COc2ccc(C(=O)N3CCC(N(C)C)C3)cc2C1. The molecular formula is C28H32N4O4. The Hall–Kier alpha value is -3.65. The first-order valence-electron chi connectivity index (χ1n) is 12.3. The zero-order valence-corrected chi connectivity index (χ0v) is 21.0. The summed E-state index contributed by atoms with van der Waals surface area (Å²) in [6, 6.07) is 11.8. The molecule has 0 aliphatic carbocycles. The number of likely N-dealkylation sites (tertiary alicyclic amines) is 1. The minimum Gasteiger partial charge on any atom is -0.496 e. The highest BCUT2D eigenvalue weighted by atomic mass is 16.5. The van der Waals surface area contributed by atoms with E-state index >= 15 is 0 Å². The monoisotopic (exact) mass is 488 g/mol. The summed E-state index contributed by atoms with van der Waals surface area (Å²) in [4.78, 5) is 30.5. The smallest absolute Gasteiger partial charge is 0.253 e. The number of amides is 1. The average molecular weight is 489 g/mol. The van der Waals surface area contributed by atoms with Gasteiger partial charge in [0.15, 0.2) is 0 Å². The van der Waals surface area contributed by atoms with Crippen LogP contribution < -0.4 is 9.47 Å². The standard InChI is InChI=1S/C28H32N4O4/c1-31(2)24-8-9-32(16-24)28(34)20-6-7-26-21(10-20)11-22(17-36-26)25(33)12-19-5-4-18(13-27(19)35-3)23-14-29-30-15-23/h4-7,10,13-15,22,24H,8-9,11-12,16-17H2,1-3H3,(H,29,30). The third-order valence-corrected chi connectivity index (χ3v) is 7.33. The number of aromatic nitrogens is 2. The Bertz CT molecular complexity index is 1250. The topological polar surface area (TPSA) is 87.8 Å². The van der Waals surface area contributed by atoms with Gasteiger partial charge in [-0.25, -0.2) is 0 Å². The molecule has 1 amide bonds.